The lowest BCUT2D eigenvalue weighted by atomic mass is 9.98. The van der Waals surface area contributed by atoms with Crippen LogP contribution in [-0.2, 0) is 0 Å². The predicted octanol–water partition coefficient (Wildman–Crippen LogP) is 12.3. The molecular formula is C42H27NO2. The minimum atomic E-state index is -0.478. The molecule has 0 atom stereocenters. The molecule has 0 aliphatic rings. The summed E-state index contributed by atoms with van der Waals surface area (Å²) in [5.41, 5.74) is 5.87. The van der Waals surface area contributed by atoms with Crippen molar-refractivity contribution >= 4 is 60.9 Å². The first-order valence-electron chi connectivity index (χ1n) is 18.1. The third-order valence-electron chi connectivity index (χ3n) is 8.20. The first-order chi connectivity index (χ1) is 25.2. The van der Waals surface area contributed by atoms with Gasteiger partial charge < -0.3 is 13.7 Å². The van der Waals surface area contributed by atoms with Gasteiger partial charge in [-0.15, -0.1) is 0 Å². The fraction of sp³-hybridized carbons (Fsp3) is 0. The number of rotatable bonds is 5. The first kappa shape index (κ1) is 19.3. The number of hydrogen-bond acceptors (Lipinski definition) is 3. The Morgan fingerprint density at radius 2 is 1.11 bits per heavy atom. The van der Waals surface area contributed by atoms with E-state index < -0.39 is 24.2 Å². The van der Waals surface area contributed by atoms with Crippen molar-refractivity contribution in [2.45, 2.75) is 0 Å². The maximum Gasteiger partial charge on any atom is 0.160 e. The lowest BCUT2D eigenvalue weighted by Gasteiger charge is -2.28. The monoisotopic (exact) mass is 584 g/mol. The van der Waals surface area contributed by atoms with Crippen molar-refractivity contribution in [1.29, 1.82) is 0 Å². The molecule has 3 heteroatoms. The number of fused-ring (bicyclic) bond motifs is 6. The normalized spacial score (nSPS) is 13.7. The van der Waals surface area contributed by atoms with Gasteiger partial charge in [0.15, 0.2) is 11.2 Å². The van der Waals surface area contributed by atoms with Crippen molar-refractivity contribution in [2.24, 2.45) is 0 Å². The number of benzene rings is 7. The minimum absolute atomic E-state index is 0.00717. The van der Waals surface area contributed by atoms with E-state index in [-0.39, 0.29) is 45.8 Å². The number of nitrogens with zero attached hydrogens (tertiary/aromatic N) is 1. The summed E-state index contributed by atoms with van der Waals surface area (Å²) in [6, 6.07) is 36.4. The van der Waals surface area contributed by atoms with Gasteiger partial charge >= 0.3 is 0 Å². The van der Waals surface area contributed by atoms with E-state index in [1.165, 1.54) is 0 Å². The molecule has 2 heterocycles. The molecule has 45 heavy (non-hydrogen) atoms. The molecule has 0 aliphatic carbocycles. The Morgan fingerprint density at radius 1 is 0.444 bits per heavy atom. The van der Waals surface area contributed by atoms with Crippen LogP contribution in [0, 0.1) is 0 Å². The first-order valence-corrected chi connectivity index (χ1v) is 14.6. The third kappa shape index (κ3) is 4.13. The molecule has 0 amide bonds. The predicted molar refractivity (Wildman–Crippen MR) is 187 cm³/mol. The highest BCUT2D eigenvalue weighted by Crippen LogP contribution is 2.49. The smallest absolute Gasteiger partial charge is 0.160 e. The summed E-state index contributed by atoms with van der Waals surface area (Å²) in [6.45, 7) is 0. The fourth-order valence-electron chi connectivity index (χ4n) is 6.12. The van der Waals surface area contributed by atoms with Crippen molar-refractivity contribution in [3.63, 3.8) is 0 Å². The van der Waals surface area contributed by atoms with E-state index in [4.69, 9.17) is 17.1 Å². The molecule has 0 saturated carbocycles. The van der Waals surface area contributed by atoms with Crippen LogP contribution in [0.4, 0.5) is 17.1 Å². The zero-order valence-electron chi connectivity index (χ0n) is 30.8. The van der Waals surface area contributed by atoms with Crippen molar-refractivity contribution in [1.82, 2.24) is 0 Å². The van der Waals surface area contributed by atoms with Gasteiger partial charge in [-0.05, 0) is 53.0 Å². The Kier molecular flexibility index (Phi) is 4.40. The van der Waals surface area contributed by atoms with E-state index in [9.17, 15) is 1.37 Å². The quantitative estimate of drug-likeness (QED) is 0.201. The molecular weight excluding hydrogens is 550 g/mol. The molecule has 0 bridgehead atoms. The van der Waals surface area contributed by atoms with Crippen LogP contribution in [-0.4, -0.2) is 0 Å². The minimum Gasteiger partial charge on any atom is -0.454 e. The second-order valence-corrected chi connectivity index (χ2v) is 10.8. The Labute approximate surface area is 270 Å². The van der Waals surface area contributed by atoms with E-state index in [1.54, 1.807) is 0 Å². The lowest BCUT2D eigenvalue weighted by Crippen LogP contribution is -2.12. The Bertz CT molecular complexity index is 2870. The van der Waals surface area contributed by atoms with E-state index in [0.29, 0.717) is 22.5 Å². The Morgan fingerprint density at radius 3 is 1.93 bits per heavy atom. The van der Waals surface area contributed by atoms with Crippen molar-refractivity contribution in [3.05, 3.63) is 164 Å². The zero-order chi connectivity index (χ0) is 35.8. The molecule has 0 unspecified atom stereocenters. The van der Waals surface area contributed by atoms with Gasteiger partial charge in [0, 0.05) is 32.8 Å². The number of hydrogen-bond donors (Lipinski definition) is 0. The molecule has 7 aromatic carbocycles. The van der Waals surface area contributed by atoms with Gasteiger partial charge in [-0.3, -0.25) is 0 Å². The molecule has 0 fully saturated rings. The summed E-state index contributed by atoms with van der Waals surface area (Å²) in [5.74, 6) is 0. The topological polar surface area (TPSA) is 29.5 Å². The van der Waals surface area contributed by atoms with E-state index in [2.05, 4.69) is 0 Å². The molecule has 9 rings (SSSR count). The second-order valence-electron chi connectivity index (χ2n) is 10.8. The van der Waals surface area contributed by atoms with Crippen LogP contribution in [0.2, 0.25) is 0 Å². The molecule has 0 N–H and O–H groups in total. The second kappa shape index (κ2) is 10.3. The van der Waals surface area contributed by atoms with Crippen LogP contribution in [0.3, 0.4) is 0 Å². The fourth-order valence-corrected chi connectivity index (χ4v) is 6.12. The molecule has 0 aliphatic heterocycles. The Balaban J connectivity index is 1.46. The van der Waals surface area contributed by atoms with Gasteiger partial charge in [0.05, 0.1) is 21.0 Å². The van der Waals surface area contributed by atoms with Crippen LogP contribution >= 0.6 is 0 Å². The summed E-state index contributed by atoms with van der Waals surface area (Å²) >= 11 is 0. The standard InChI is InChI=1S/C42H27NO2/c1-3-12-28(13-4-1)29-22-24-31(25-23-29)43(37-19-11-18-35-33-16-7-9-20-38(33)44-41(35)37)40-32(30-14-5-2-6-15-30)26-27-36-34-17-8-10-21-39(34)45-42(36)40/h1-27H/i7D,9D,11D,16D,18D,19D,20D. The summed E-state index contributed by atoms with van der Waals surface area (Å²) in [6.07, 6.45) is 0. The van der Waals surface area contributed by atoms with E-state index >= 15 is 0 Å². The van der Waals surface area contributed by atoms with Crippen molar-refractivity contribution in [2.75, 3.05) is 4.90 Å². The average molecular weight is 585 g/mol. The number of anilines is 3. The van der Waals surface area contributed by atoms with Crippen molar-refractivity contribution < 1.29 is 18.4 Å². The molecule has 212 valence electrons. The Hall–Kier alpha value is -6.06. The van der Waals surface area contributed by atoms with Gasteiger partial charge in [-0.1, -0.05) is 127 Å². The highest BCUT2D eigenvalue weighted by molar-refractivity contribution is 6.16. The third-order valence-corrected chi connectivity index (χ3v) is 8.20. The van der Waals surface area contributed by atoms with Crippen LogP contribution in [0.25, 0.3) is 66.1 Å². The van der Waals surface area contributed by atoms with Gasteiger partial charge in [0.1, 0.15) is 11.2 Å². The summed E-state index contributed by atoms with van der Waals surface area (Å²) in [7, 11) is 0. The molecule has 0 spiro atoms. The van der Waals surface area contributed by atoms with E-state index in [0.717, 1.165) is 33.0 Å². The number of para-hydroxylation sites is 3. The van der Waals surface area contributed by atoms with Gasteiger partial charge in [0.25, 0.3) is 0 Å². The molecule has 0 radical (unpaired) electrons. The molecule has 3 nitrogen and oxygen atoms in total. The largest absolute Gasteiger partial charge is 0.454 e. The van der Waals surface area contributed by atoms with Crippen LogP contribution in [0.15, 0.2) is 172 Å². The number of furan rings is 2. The van der Waals surface area contributed by atoms with Gasteiger partial charge in [0.2, 0.25) is 0 Å². The lowest BCUT2D eigenvalue weighted by molar-refractivity contribution is 0.666. The summed E-state index contributed by atoms with van der Waals surface area (Å²) in [4.78, 5) is 1.81. The van der Waals surface area contributed by atoms with Crippen LogP contribution in [0.5, 0.6) is 0 Å². The highest BCUT2D eigenvalue weighted by atomic mass is 16.3. The van der Waals surface area contributed by atoms with E-state index in [1.807, 2.05) is 126 Å². The average Bonchev–Trinajstić information content (AvgIpc) is 3.77. The van der Waals surface area contributed by atoms with Crippen molar-refractivity contribution in [3.8, 4) is 22.3 Å². The summed E-state index contributed by atoms with van der Waals surface area (Å²) < 4.78 is 74.9. The SMILES string of the molecule is [2H]c1c([2H])c([2H])c2c(oc3c(N(c4ccc(-c5ccccc5)cc4)c4c(-c5ccccc5)ccc5c4oc4ccccc45)c([2H])c([2H])c([2H])c32)c1[2H]. The maximum absolute atomic E-state index is 9.47. The zero-order valence-corrected chi connectivity index (χ0v) is 23.8. The highest BCUT2D eigenvalue weighted by Gasteiger charge is 2.26. The van der Waals surface area contributed by atoms with Gasteiger partial charge in [-0.2, -0.15) is 0 Å². The van der Waals surface area contributed by atoms with Gasteiger partial charge in [-0.25, -0.2) is 0 Å². The maximum atomic E-state index is 9.47. The summed E-state index contributed by atoms with van der Waals surface area (Å²) in [5, 5.41) is 1.74. The molecule has 9 aromatic rings. The molecule has 2 aromatic heterocycles. The van der Waals surface area contributed by atoms with Crippen LogP contribution < -0.4 is 4.90 Å². The van der Waals surface area contributed by atoms with Crippen LogP contribution in [0.1, 0.15) is 9.60 Å². The molecule has 0 saturated heterocycles.